The van der Waals surface area contributed by atoms with Crippen molar-refractivity contribution in [2.45, 2.75) is 18.1 Å². The van der Waals surface area contributed by atoms with Crippen molar-refractivity contribution in [1.29, 1.82) is 0 Å². The Bertz CT molecular complexity index is 912. The first-order valence-electron chi connectivity index (χ1n) is 8.35. The van der Waals surface area contributed by atoms with Crippen LogP contribution in [0.1, 0.15) is 23.2 Å². The van der Waals surface area contributed by atoms with Gasteiger partial charge in [0.15, 0.2) is 0 Å². The topological polar surface area (TPSA) is 122 Å². The lowest BCUT2D eigenvalue weighted by molar-refractivity contribution is 0.0696. The van der Waals surface area contributed by atoms with Gasteiger partial charge < -0.3 is 14.7 Å². The van der Waals surface area contributed by atoms with Crippen molar-refractivity contribution in [1.82, 2.24) is 9.97 Å². The summed E-state index contributed by atoms with van der Waals surface area (Å²) in [6.45, 7) is 1.06. The van der Waals surface area contributed by atoms with E-state index in [1.165, 1.54) is 25.3 Å². The summed E-state index contributed by atoms with van der Waals surface area (Å²) in [4.78, 5) is 21.4. The number of methoxy groups -OCH3 is 1. The monoisotopic (exact) mass is 392 g/mol. The van der Waals surface area contributed by atoms with E-state index in [9.17, 15) is 13.2 Å². The Kier molecular flexibility index (Phi) is 5.45. The zero-order valence-electron chi connectivity index (χ0n) is 14.7. The number of sulfonamides is 1. The number of anilines is 2. The van der Waals surface area contributed by atoms with Crippen LogP contribution in [0.5, 0.6) is 5.75 Å². The van der Waals surface area contributed by atoms with Crippen molar-refractivity contribution in [2.75, 3.05) is 29.8 Å². The third-order valence-electron chi connectivity index (χ3n) is 4.42. The lowest BCUT2D eigenvalue weighted by Gasteiger charge is -2.31. The van der Waals surface area contributed by atoms with Crippen molar-refractivity contribution in [3.8, 4) is 5.75 Å². The zero-order valence-corrected chi connectivity index (χ0v) is 15.5. The SMILES string of the molecule is COc1cc(C(=O)O)ccc1NS(=O)(=O)C1CCN(c2ncccn2)CC1. The second kappa shape index (κ2) is 7.78. The predicted molar refractivity (Wildman–Crippen MR) is 99.8 cm³/mol. The van der Waals surface area contributed by atoms with Crippen molar-refractivity contribution < 1.29 is 23.1 Å². The Morgan fingerprint density at radius 2 is 1.93 bits per heavy atom. The van der Waals surface area contributed by atoms with E-state index in [-0.39, 0.29) is 17.0 Å². The molecule has 0 aliphatic carbocycles. The Morgan fingerprint density at radius 1 is 1.26 bits per heavy atom. The fourth-order valence-corrected chi connectivity index (χ4v) is 4.44. The third-order valence-corrected chi connectivity index (χ3v) is 6.27. The summed E-state index contributed by atoms with van der Waals surface area (Å²) < 4.78 is 33.2. The average Bonchev–Trinajstić information content (AvgIpc) is 2.68. The Morgan fingerprint density at radius 3 is 2.52 bits per heavy atom. The Hall–Kier alpha value is -2.88. The maximum atomic E-state index is 12.8. The molecule has 10 heteroatoms. The van der Waals surface area contributed by atoms with E-state index in [4.69, 9.17) is 9.84 Å². The quantitative estimate of drug-likeness (QED) is 0.760. The van der Waals surface area contributed by atoms with Gasteiger partial charge in [-0.25, -0.2) is 23.2 Å². The molecule has 1 saturated heterocycles. The summed E-state index contributed by atoms with van der Waals surface area (Å²) in [5.74, 6) is -0.362. The van der Waals surface area contributed by atoms with Crippen molar-refractivity contribution in [2.24, 2.45) is 0 Å². The summed E-state index contributed by atoms with van der Waals surface area (Å²) in [5, 5.41) is 8.47. The number of aromatic nitrogens is 2. The first-order chi connectivity index (χ1) is 12.9. The molecule has 1 aliphatic rings. The van der Waals surface area contributed by atoms with Crippen LogP contribution in [0.4, 0.5) is 11.6 Å². The van der Waals surface area contributed by atoms with Crippen LogP contribution in [0.15, 0.2) is 36.7 Å². The molecule has 2 aromatic rings. The number of rotatable bonds is 6. The Labute approximate surface area is 157 Å². The van der Waals surface area contributed by atoms with Gasteiger partial charge in [0, 0.05) is 25.5 Å². The molecule has 0 atom stereocenters. The van der Waals surface area contributed by atoms with Crippen molar-refractivity contribution >= 4 is 27.6 Å². The maximum Gasteiger partial charge on any atom is 0.335 e. The molecule has 2 N–H and O–H groups in total. The zero-order chi connectivity index (χ0) is 19.4. The largest absolute Gasteiger partial charge is 0.495 e. The van der Waals surface area contributed by atoms with E-state index in [1.807, 2.05) is 4.90 Å². The van der Waals surface area contributed by atoms with E-state index >= 15 is 0 Å². The molecular formula is C17H20N4O5S. The first kappa shape index (κ1) is 18.9. The van der Waals surface area contributed by atoms with Gasteiger partial charge in [0.25, 0.3) is 0 Å². The Balaban J connectivity index is 1.70. The number of carboxylic acids is 1. The average molecular weight is 392 g/mol. The molecule has 1 fully saturated rings. The second-order valence-corrected chi connectivity index (χ2v) is 8.06. The van der Waals surface area contributed by atoms with E-state index in [0.29, 0.717) is 31.9 Å². The normalized spacial score (nSPS) is 15.4. The number of nitrogens with one attached hydrogen (secondary N) is 1. The van der Waals surface area contributed by atoms with E-state index in [2.05, 4.69) is 14.7 Å². The highest BCUT2D eigenvalue weighted by atomic mass is 32.2. The van der Waals surface area contributed by atoms with Gasteiger partial charge >= 0.3 is 5.97 Å². The molecule has 0 radical (unpaired) electrons. The number of carbonyl (C=O) groups is 1. The summed E-state index contributed by atoms with van der Waals surface area (Å²) in [5.41, 5.74) is 0.238. The van der Waals surface area contributed by atoms with Gasteiger partial charge in [-0.3, -0.25) is 4.72 Å². The van der Waals surface area contributed by atoms with Crippen LogP contribution in [0.2, 0.25) is 0 Å². The number of carboxylic acid groups (broad SMARTS) is 1. The van der Waals surface area contributed by atoms with Crippen LogP contribution < -0.4 is 14.4 Å². The summed E-state index contributed by atoms with van der Waals surface area (Å²) in [6, 6.07) is 5.74. The first-order valence-corrected chi connectivity index (χ1v) is 9.90. The molecule has 1 aromatic heterocycles. The van der Waals surface area contributed by atoms with Gasteiger partial charge in [-0.1, -0.05) is 0 Å². The van der Waals surface area contributed by atoms with Crippen LogP contribution in [0, 0.1) is 0 Å². The summed E-state index contributed by atoms with van der Waals surface area (Å²) in [6.07, 6.45) is 4.17. The summed E-state index contributed by atoms with van der Waals surface area (Å²) >= 11 is 0. The molecule has 1 aliphatic heterocycles. The molecule has 0 amide bonds. The van der Waals surface area contributed by atoms with Gasteiger partial charge in [-0.15, -0.1) is 0 Å². The standard InChI is InChI=1S/C17H20N4O5S/c1-26-15-11-12(16(22)23)3-4-14(15)20-27(24,25)13-5-9-21(10-6-13)17-18-7-2-8-19-17/h2-4,7-8,11,13,20H,5-6,9-10H2,1H3,(H,22,23). The number of hydrogen-bond acceptors (Lipinski definition) is 7. The minimum Gasteiger partial charge on any atom is -0.495 e. The molecule has 2 heterocycles. The maximum absolute atomic E-state index is 12.8. The van der Waals surface area contributed by atoms with Gasteiger partial charge in [-0.2, -0.15) is 0 Å². The van der Waals surface area contributed by atoms with Gasteiger partial charge in [0.2, 0.25) is 16.0 Å². The lowest BCUT2D eigenvalue weighted by Crippen LogP contribution is -2.41. The molecule has 0 bridgehead atoms. The molecule has 9 nitrogen and oxygen atoms in total. The molecule has 0 saturated carbocycles. The summed E-state index contributed by atoms with van der Waals surface area (Å²) in [7, 11) is -2.29. The fraction of sp³-hybridized carbons (Fsp3) is 0.353. The number of ether oxygens (including phenoxy) is 1. The molecule has 0 unspecified atom stereocenters. The molecule has 1 aromatic carbocycles. The molecule has 3 rings (SSSR count). The lowest BCUT2D eigenvalue weighted by atomic mass is 10.1. The van der Waals surface area contributed by atoms with Crippen molar-refractivity contribution in [3.63, 3.8) is 0 Å². The fourth-order valence-electron chi connectivity index (χ4n) is 2.97. The molecular weight excluding hydrogens is 372 g/mol. The van der Waals surface area contributed by atoms with Crippen LogP contribution in [-0.2, 0) is 10.0 Å². The smallest absolute Gasteiger partial charge is 0.335 e. The third kappa shape index (κ3) is 4.27. The highest BCUT2D eigenvalue weighted by Gasteiger charge is 2.31. The molecule has 27 heavy (non-hydrogen) atoms. The highest BCUT2D eigenvalue weighted by Crippen LogP contribution is 2.29. The minimum atomic E-state index is -3.65. The van der Waals surface area contributed by atoms with Crippen LogP contribution >= 0.6 is 0 Å². The van der Waals surface area contributed by atoms with Gasteiger partial charge in [-0.05, 0) is 37.1 Å². The van der Waals surface area contributed by atoms with Crippen LogP contribution in [0.25, 0.3) is 0 Å². The second-order valence-electron chi connectivity index (χ2n) is 6.10. The molecule has 0 spiro atoms. The number of hydrogen-bond donors (Lipinski definition) is 2. The van der Waals surface area contributed by atoms with E-state index in [1.54, 1.807) is 18.5 Å². The molecule has 144 valence electrons. The number of nitrogens with zero attached hydrogens (tertiary/aromatic N) is 3. The van der Waals surface area contributed by atoms with Crippen LogP contribution in [0.3, 0.4) is 0 Å². The highest BCUT2D eigenvalue weighted by molar-refractivity contribution is 7.93. The number of benzene rings is 1. The van der Waals surface area contributed by atoms with E-state index < -0.39 is 21.2 Å². The number of aromatic carboxylic acids is 1. The van der Waals surface area contributed by atoms with E-state index in [0.717, 1.165) is 0 Å². The minimum absolute atomic E-state index is 0.0194. The van der Waals surface area contributed by atoms with Crippen molar-refractivity contribution in [3.05, 3.63) is 42.2 Å². The van der Waals surface area contributed by atoms with Crippen LogP contribution in [-0.4, -0.2) is 54.9 Å². The van der Waals surface area contributed by atoms with Gasteiger partial charge in [0.05, 0.1) is 23.6 Å². The predicted octanol–water partition coefficient (Wildman–Crippen LogP) is 1.59. The van der Waals surface area contributed by atoms with Gasteiger partial charge in [0.1, 0.15) is 5.75 Å². The number of piperidine rings is 1.